The average Bonchev–Trinajstić information content (AvgIpc) is 2.27. The van der Waals surface area contributed by atoms with E-state index in [1.165, 1.54) is 0 Å². The van der Waals surface area contributed by atoms with E-state index in [0.29, 0.717) is 6.42 Å². The maximum absolute atomic E-state index is 11.0. The molecular formula is C10H15ClO6. The Labute approximate surface area is 104 Å². The Morgan fingerprint density at radius 3 is 1.82 bits per heavy atom. The van der Waals surface area contributed by atoms with Crippen molar-refractivity contribution < 1.29 is 28.6 Å². The zero-order valence-electron chi connectivity index (χ0n) is 9.57. The zero-order chi connectivity index (χ0) is 13.1. The molecule has 0 aliphatic heterocycles. The van der Waals surface area contributed by atoms with Crippen LogP contribution < -0.4 is 0 Å². The van der Waals surface area contributed by atoms with Crippen molar-refractivity contribution in [3.05, 3.63) is 0 Å². The average molecular weight is 267 g/mol. The molecule has 0 bridgehead atoms. The second-order valence-corrected chi connectivity index (χ2v) is 3.24. The van der Waals surface area contributed by atoms with Crippen LogP contribution in [0.1, 0.15) is 32.6 Å². The Morgan fingerprint density at radius 1 is 0.882 bits per heavy atom. The van der Waals surface area contributed by atoms with Crippen molar-refractivity contribution in [3.63, 3.8) is 0 Å². The third-order valence-corrected chi connectivity index (χ3v) is 1.75. The lowest BCUT2D eigenvalue weighted by Crippen LogP contribution is -2.14. The number of ether oxygens (including phenoxy) is 3. The normalized spacial score (nSPS) is 9.53. The number of hydrogen-bond donors (Lipinski definition) is 0. The number of hydrogen-bond acceptors (Lipinski definition) is 6. The van der Waals surface area contributed by atoms with Crippen LogP contribution >= 0.6 is 11.6 Å². The minimum atomic E-state index is -0.638. The van der Waals surface area contributed by atoms with Crippen LogP contribution in [0.3, 0.4) is 0 Å². The molecule has 0 unspecified atom stereocenters. The van der Waals surface area contributed by atoms with Gasteiger partial charge in [-0.05, 0) is 6.42 Å². The van der Waals surface area contributed by atoms with Gasteiger partial charge in [0.05, 0.1) is 12.8 Å². The molecular weight excluding hydrogens is 252 g/mol. The predicted molar refractivity (Wildman–Crippen MR) is 58.0 cm³/mol. The van der Waals surface area contributed by atoms with Crippen LogP contribution in [-0.4, -0.2) is 30.8 Å². The van der Waals surface area contributed by atoms with E-state index in [1.807, 2.05) is 6.92 Å². The molecule has 0 fully saturated rings. The monoisotopic (exact) mass is 266 g/mol. The van der Waals surface area contributed by atoms with E-state index in [2.05, 4.69) is 14.2 Å². The van der Waals surface area contributed by atoms with Crippen molar-refractivity contribution in [2.24, 2.45) is 0 Å². The van der Waals surface area contributed by atoms with Crippen LogP contribution in [0.5, 0.6) is 0 Å². The summed E-state index contributed by atoms with van der Waals surface area (Å²) in [7, 11) is 0. The summed E-state index contributed by atoms with van der Waals surface area (Å²) in [5.74, 6) is -1.65. The maximum Gasteiger partial charge on any atom is 0.309 e. The highest BCUT2D eigenvalue weighted by Gasteiger charge is 2.09. The van der Waals surface area contributed by atoms with Crippen molar-refractivity contribution in [3.8, 4) is 0 Å². The highest BCUT2D eigenvalue weighted by Crippen LogP contribution is 1.98. The van der Waals surface area contributed by atoms with Gasteiger partial charge in [0.15, 0.2) is 6.07 Å². The summed E-state index contributed by atoms with van der Waals surface area (Å²) in [6.45, 7) is 1.40. The number of halogens is 1. The molecule has 0 heterocycles. The third-order valence-electron chi connectivity index (χ3n) is 1.64. The van der Waals surface area contributed by atoms with E-state index in [-0.39, 0.29) is 25.3 Å². The molecule has 0 atom stereocenters. The van der Waals surface area contributed by atoms with Gasteiger partial charge in [0.1, 0.15) is 0 Å². The van der Waals surface area contributed by atoms with Crippen LogP contribution in [0.15, 0.2) is 0 Å². The first-order valence-electron chi connectivity index (χ1n) is 5.13. The van der Waals surface area contributed by atoms with Gasteiger partial charge in [-0.25, -0.2) is 0 Å². The Balaban J connectivity index is 3.53. The Hall–Kier alpha value is -1.30. The van der Waals surface area contributed by atoms with Crippen LogP contribution in [-0.2, 0) is 28.6 Å². The predicted octanol–water partition coefficient (Wildman–Crippen LogP) is 1.35. The highest BCUT2D eigenvalue weighted by molar-refractivity contribution is 6.17. The summed E-state index contributed by atoms with van der Waals surface area (Å²) in [6.07, 6.45) is 0.687. The minimum absolute atomic E-state index is 0.117. The molecule has 0 aliphatic carbocycles. The second-order valence-electron chi connectivity index (χ2n) is 3.03. The standard InChI is InChI=1S/C10H15ClO6/c1-2-3-8(12)16-7-17-10(14)5-4-9(13)15-6-11/h2-7H2,1H3. The van der Waals surface area contributed by atoms with Crippen molar-refractivity contribution >= 4 is 29.5 Å². The van der Waals surface area contributed by atoms with Gasteiger partial charge in [-0.1, -0.05) is 18.5 Å². The van der Waals surface area contributed by atoms with Gasteiger partial charge < -0.3 is 14.2 Å². The molecule has 0 N–H and O–H groups in total. The van der Waals surface area contributed by atoms with E-state index in [9.17, 15) is 14.4 Å². The molecule has 0 amide bonds. The summed E-state index contributed by atoms with van der Waals surface area (Å²) in [6, 6.07) is -0.248. The van der Waals surface area contributed by atoms with Gasteiger partial charge in [0, 0.05) is 6.42 Å². The van der Waals surface area contributed by atoms with Crippen molar-refractivity contribution in [2.45, 2.75) is 32.6 Å². The largest absolute Gasteiger partial charge is 0.449 e. The Bertz CT molecular complexity index is 266. The summed E-state index contributed by atoms with van der Waals surface area (Å²) in [4.78, 5) is 32.7. The van der Waals surface area contributed by atoms with Crippen molar-refractivity contribution in [1.82, 2.24) is 0 Å². The number of carbonyl (C=O) groups is 3. The molecule has 0 aromatic carbocycles. The fourth-order valence-electron chi connectivity index (χ4n) is 0.847. The van der Waals surface area contributed by atoms with Gasteiger partial charge in [0.25, 0.3) is 0 Å². The van der Waals surface area contributed by atoms with E-state index < -0.39 is 24.7 Å². The quantitative estimate of drug-likeness (QED) is 0.375. The molecule has 0 aromatic heterocycles. The first kappa shape index (κ1) is 15.7. The summed E-state index contributed by atoms with van der Waals surface area (Å²) in [5, 5.41) is 0. The molecule has 0 saturated heterocycles. The minimum Gasteiger partial charge on any atom is -0.449 e. The Morgan fingerprint density at radius 2 is 1.35 bits per heavy atom. The Kier molecular flexibility index (Phi) is 9.14. The molecule has 0 radical (unpaired) electrons. The van der Waals surface area contributed by atoms with Gasteiger partial charge >= 0.3 is 17.9 Å². The van der Waals surface area contributed by atoms with Crippen LogP contribution in [0, 0.1) is 0 Å². The third kappa shape index (κ3) is 9.62. The molecule has 17 heavy (non-hydrogen) atoms. The van der Waals surface area contributed by atoms with Gasteiger partial charge in [-0.3, -0.25) is 14.4 Å². The highest BCUT2D eigenvalue weighted by atomic mass is 35.5. The molecule has 0 aromatic rings. The second kappa shape index (κ2) is 9.89. The van der Waals surface area contributed by atoms with Crippen molar-refractivity contribution in [2.75, 3.05) is 12.9 Å². The fraction of sp³-hybridized carbons (Fsp3) is 0.700. The number of rotatable bonds is 8. The summed E-state index contributed by atoms with van der Waals surface area (Å²) < 4.78 is 13.6. The van der Waals surface area contributed by atoms with E-state index >= 15 is 0 Å². The zero-order valence-corrected chi connectivity index (χ0v) is 10.3. The molecule has 7 heteroatoms. The van der Waals surface area contributed by atoms with Gasteiger partial charge in [-0.15, -0.1) is 0 Å². The SMILES string of the molecule is CCCC(=O)OCOC(=O)CCC(=O)OCCl. The van der Waals surface area contributed by atoms with Crippen molar-refractivity contribution in [1.29, 1.82) is 0 Å². The number of carbonyl (C=O) groups excluding carboxylic acids is 3. The van der Waals surface area contributed by atoms with E-state index in [0.717, 1.165) is 0 Å². The molecule has 0 spiro atoms. The molecule has 0 saturated carbocycles. The van der Waals surface area contributed by atoms with Crippen LogP contribution in [0.4, 0.5) is 0 Å². The maximum atomic E-state index is 11.0. The topological polar surface area (TPSA) is 78.9 Å². The smallest absolute Gasteiger partial charge is 0.309 e. The molecule has 0 rings (SSSR count). The lowest BCUT2D eigenvalue weighted by Gasteiger charge is -2.05. The molecule has 98 valence electrons. The number of alkyl halides is 1. The van der Waals surface area contributed by atoms with E-state index in [1.54, 1.807) is 0 Å². The van der Waals surface area contributed by atoms with Crippen LogP contribution in [0.25, 0.3) is 0 Å². The first-order chi connectivity index (χ1) is 8.10. The van der Waals surface area contributed by atoms with Crippen LogP contribution in [0.2, 0.25) is 0 Å². The lowest BCUT2D eigenvalue weighted by atomic mass is 10.3. The van der Waals surface area contributed by atoms with Gasteiger partial charge in [-0.2, -0.15) is 0 Å². The lowest BCUT2D eigenvalue weighted by molar-refractivity contribution is -0.168. The summed E-state index contributed by atoms with van der Waals surface area (Å²) in [5.41, 5.74) is 0. The molecule has 6 nitrogen and oxygen atoms in total. The van der Waals surface area contributed by atoms with Gasteiger partial charge in [0.2, 0.25) is 6.79 Å². The summed E-state index contributed by atoms with van der Waals surface area (Å²) >= 11 is 5.14. The first-order valence-corrected chi connectivity index (χ1v) is 5.66. The fourth-order valence-corrected chi connectivity index (χ4v) is 0.968. The number of esters is 3. The molecule has 0 aliphatic rings. The van der Waals surface area contributed by atoms with E-state index in [4.69, 9.17) is 11.6 Å².